The third-order valence-electron chi connectivity index (χ3n) is 2.04. The molecule has 0 aliphatic carbocycles. The summed E-state index contributed by atoms with van der Waals surface area (Å²) in [6.07, 6.45) is 8.83. The fourth-order valence-corrected chi connectivity index (χ4v) is 1.93. The number of imide groups is 1. The van der Waals surface area contributed by atoms with Crippen molar-refractivity contribution in [1.29, 1.82) is 0 Å². The summed E-state index contributed by atoms with van der Waals surface area (Å²) in [4.78, 5) is 24.4. The molecule has 0 bridgehead atoms. The Bertz CT molecular complexity index is 419. The molecule has 1 aliphatic rings. The molecule has 3 nitrogen and oxygen atoms in total. The minimum absolute atomic E-state index is 0.237. The molecule has 84 valence electrons. The van der Waals surface area contributed by atoms with Gasteiger partial charge in [0, 0.05) is 7.05 Å². The monoisotopic (exact) mass is 235 g/mol. The molecular formula is C12H13NO2S. The number of carbonyl (C=O) groups excluding carboxylic acids is 2. The average Bonchev–Trinajstić information content (AvgIpc) is 2.52. The van der Waals surface area contributed by atoms with Gasteiger partial charge >= 0.3 is 0 Å². The molecule has 0 atom stereocenters. The highest BCUT2D eigenvalue weighted by molar-refractivity contribution is 8.18. The zero-order chi connectivity index (χ0) is 12.1. The van der Waals surface area contributed by atoms with E-state index in [1.807, 2.05) is 19.1 Å². The van der Waals surface area contributed by atoms with Crippen LogP contribution in [0.4, 0.5) is 4.79 Å². The lowest BCUT2D eigenvalue weighted by molar-refractivity contribution is -0.121. The summed E-state index contributed by atoms with van der Waals surface area (Å²) in [5.74, 6) is -0.249. The van der Waals surface area contributed by atoms with E-state index in [4.69, 9.17) is 0 Å². The first kappa shape index (κ1) is 12.5. The maximum absolute atomic E-state index is 11.6. The van der Waals surface area contributed by atoms with Gasteiger partial charge in [-0.2, -0.15) is 0 Å². The third kappa shape index (κ3) is 2.73. The van der Waals surface area contributed by atoms with Gasteiger partial charge in [0.15, 0.2) is 0 Å². The normalized spacial score (nSPS) is 20.2. The Labute approximate surface area is 99.2 Å². The Morgan fingerprint density at radius 3 is 2.56 bits per heavy atom. The number of carbonyl (C=O) groups is 2. The quantitative estimate of drug-likeness (QED) is 0.557. The van der Waals surface area contributed by atoms with Gasteiger partial charge in [-0.05, 0) is 30.3 Å². The highest BCUT2D eigenvalue weighted by Gasteiger charge is 2.31. The van der Waals surface area contributed by atoms with Gasteiger partial charge in [-0.1, -0.05) is 30.9 Å². The van der Waals surface area contributed by atoms with E-state index < -0.39 is 0 Å². The van der Waals surface area contributed by atoms with Gasteiger partial charge in [0.25, 0.3) is 11.1 Å². The first-order valence-corrected chi connectivity index (χ1v) is 5.58. The Morgan fingerprint density at radius 1 is 1.44 bits per heavy atom. The Balaban J connectivity index is 2.93. The van der Waals surface area contributed by atoms with Crippen LogP contribution in [-0.2, 0) is 4.79 Å². The highest BCUT2D eigenvalue weighted by Crippen LogP contribution is 2.30. The number of hydrogen-bond acceptors (Lipinski definition) is 3. The maximum Gasteiger partial charge on any atom is 0.293 e. The molecule has 0 radical (unpaired) electrons. The molecule has 0 N–H and O–H groups in total. The molecule has 1 saturated heterocycles. The van der Waals surface area contributed by atoms with Crippen LogP contribution in [-0.4, -0.2) is 23.1 Å². The minimum Gasteiger partial charge on any atom is -0.272 e. The van der Waals surface area contributed by atoms with Crippen molar-refractivity contribution in [3.8, 4) is 0 Å². The third-order valence-corrected chi connectivity index (χ3v) is 3.00. The molecule has 2 amide bonds. The van der Waals surface area contributed by atoms with E-state index in [-0.39, 0.29) is 11.1 Å². The summed E-state index contributed by atoms with van der Waals surface area (Å²) in [5, 5.41) is -0.237. The van der Waals surface area contributed by atoms with Crippen molar-refractivity contribution in [2.75, 3.05) is 7.05 Å². The minimum atomic E-state index is -0.249. The van der Waals surface area contributed by atoms with Crippen LogP contribution >= 0.6 is 11.8 Å². The van der Waals surface area contributed by atoms with E-state index in [0.717, 1.165) is 22.2 Å². The van der Waals surface area contributed by atoms with Crippen molar-refractivity contribution >= 4 is 22.9 Å². The van der Waals surface area contributed by atoms with E-state index in [9.17, 15) is 9.59 Å². The number of likely N-dealkylation sites (N-methyl/N-ethyl adjacent to an activating group) is 1. The molecule has 0 unspecified atom stereocenters. The van der Waals surface area contributed by atoms with Gasteiger partial charge in [-0.3, -0.25) is 14.5 Å². The van der Waals surface area contributed by atoms with Gasteiger partial charge in [-0.25, -0.2) is 0 Å². The van der Waals surface area contributed by atoms with Gasteiger partial charge < -0.3 is 0 Å². The van der Waals surface area contributed by atoms with Gasteiger partial charge in [0.2, 0.25) is 0 Å². The van der Waals surface area contributed by atoms with E-state index in [0.29, 0.717) is 4.91 Å². The van der Waals surface area contributed by atoms with Crippen molar-refractivity contribution < 1.29 is 9.59 Å². The largest absolute Gasteiger partial charge is 0.293 e. The molecule has 1 rings (SSSR count). The fraction of sp³-hybridized carbons (Fsp3) is 0.167. The Morgan fingerprint density at radius 2 is 2.12 bits per heavy atom. The zero-order valence-corrected chi connectivity index (χ0v) is 10.1. The van der Waals surface area contributed by atoms with E-state index in [2.05, 4.69) is 6.58 Å². The van der Waals surface area contributed by atoms with Crippen molar-refractivity contribution in [3.05, 3.63) is 47.4 Å². The smallest absolute Gasteiger partial charge is 0.272 e. The van der Waals surface area contributed by atoms with E-state index >= 15 is 0 Å². The topological polar surface area (TPSA) is 37.4 Å². The zero-order valence-electron chi connectivity index (χ0n) is 9.27. The predicted octanol–water partition coefficient (Wildman–Crippen LogP) is 2.88. The fourth-order valence-electron chi connectivity index (χ4n) is 1.10. The molecule has 0 aromatic heterocycles. The molecule has 0 aromatic rings. The van der Waals surface area contributed by atoms with E-state index in [1.54, 1.807) is 18.2 Å². The molecule has 4 heteroatoms. The van der Waals surface area contributed by atoms with Crippen LogP contribution in [0.15, 0.2) is 47.4 Å². The number of nitrogens with zero attached hydrogens (tertiary/aromatic N) is 1. The molecule has 1 fully saturated rings. The summed E-state index contributed by atoms with van der Waals surface area (Å²) >= 11 is 0.957. The molecule has 1 aliphatic heterocycles. The number of rotatable bonds is 3. The van der Waals surface area contributed by atoms with Gasteiger partial charge in [0.05, 0.1) is 4.91 Å². The summed E-state index contributed by atoms with van der Waals surface area (Å²) in [6.45, 7) is 5.44. The van der Waals surface area contributed by atoms with Crippen LogP contribution in [0.5, 0.6) is 0 Å². The van der Waals surface area contributed by atoms with Crippen LogP contribution in [0.25, 0.3) is 0 Å². The van der Waals surface area contributed by atoms with E-state index in [1.165, 1.54) is 7.05 Å². The molecule has 0 saturated carbocycles. The van der Waals surface area contributed by atoms with Crippen molar-refractivity contribution in [2.45, 2.75) is 6.92 Å². The van der Waals surface area contributed by atoms with Crippen LogP contribution in [0.1, 0.15) is 6.92 Å². The van der Waals surface area contributed by atoms with Crippen molar-refractivity contribution in [1.82, 2.24) is 4.90 Å². The maximum atomic E-state index is 11.6. The number of hydrogen-bond donors (Lipinski definition) is 0. The summed E-state index contributed by atoms with van der Waals surface area (Å²) in [5.41, 5.74) is 0.874. The summed E-state index contributed by atoms with van der Waals surface area (Å²) in [7, 11) is 1.48. The first-order chi connectivity index (χ1) is 7.60. The Hall–Kier alpha value is -1.55. The second-order valence-electron chi connectivity index (χ2n) is 3.12. The SMILES string of the molecule is C=C\C=C/C(=C\C)/C=C1/SC(=O)N(C)C1=O. The van der Waals surface area contributed by atoms with Crippen LogP contribution < -0.4 is 0 Å². The highest BCUT2D eigenvalue weighted by atomic mass is 32.2. The van der Waals surface area contributed by atoms with Gasteiger partial charge in [-0.15, -0.1) is 0 Å². The summed E-state index contributed by atoms with van der Waals surface area (Å²) < 4.78 is 0. The molecule has 1 heterocycles. The number of amides is 2. The second-order valence-corrected chi connectivity index (χ2v) is 4.12. The lowest BCUT2D eigenvalue weighted by Gasteiger charge is -2.00. The van der Waals surface area contributed by atoms with Crippen LogP contribution in [0.2, 0.25) is 0 Å². The summed E-state index contributed by atoms with van der Waals surface area (Å²) in [6, 6.07) is 0. The second kappa shape index (κ2) is 5.51. The predicted molar refractivity (Wildman–Crippen MR) is 66.9 cm³/mol. The number of thioether (sulfide) groups is 1. The average molecular weight is 235 g/mol. The van der Waals surface area contributed by atoms with Crippen molar-refractivity contribution in [3.63, 3.8) is 0 Å². The standard InChI is InChI=1S/C12H13NO2S/c1-4-6-7-9(5-2)8-10-11(14)13(3)12(15)16-10/h4-8H,1H2,2-3H3/b7-6-,9-5+,10-8+. The van der Waals surface area contributed by atoms with Crippen LogP contribution in [0.3, 0.4) is 0 Å². The number of allylic oxidation sites excluding steroid dienone is 6. The molecule has 16 heavy (non-hydrogen) atoms. The molecule has 0 spiro atoms. The lowest BCUT2D eigenvalue weighted by Crippen LogP contribution is -2.22. The molecular weight excluding hydrogens is 222 g/mol. The lowest BCUT2D eigenvalue weighted by atomic mass is 10.2. The Kier molecular flexibility index (Phi) is 4.31. The van der Waals surface area contributed by atoms with Gasteiger partial charge in [0.1, 0.15) is 0 Å². The van der Waals surface area contributed by atoms with Crippen LogP contribution in [0, 0.1) is 0 Å². The molecule has 0 aromatic carbocycles. The van der Waals surface area contributed by atoms with Crippen molar-refractivity contribution in [2.24, 2.45) is 0 Å². The first-order valence-electron chi connectivity index (χ1n) is 4.77.